The number of hydrogen-bond donors (Lipinski definition) is 2. The molecule has 3 nitrogen and oxygen atoms in total. The van der Waals surface area contributed by atoms with Crippen LogP contribution in [0.2, 0.25) is 0 Å². The van der Waals surface area contributed by atoms with Crippen LogP contribution in [0.1, 0.15) is 49.8 Å². The van der Waals surface area contributed by atoms with Crippen molar-refractivity contribution in [3.8, 4) is 0 Å². The number of rotatable bonds is 9. The van der Waals surface area contributed by atoms with Crippen LogP contribution in [0.3, 0.4) is 0 Å². The average Bonchev–Trinajstić information content (AvgIpc) is 2.44. The van der Waals surface area contributed by atoms with Crippen molar-refractivity contribution >= 4 is 0 Å². The topological polar surface area (TPSA) is 49.5 Å². The maximum absolute atomic E-state index is 8.84. The second-order valence-electron chi connectivity index (χ2n) is 5.70. The number of unbranched alkanes of at least 4 members (excludes halogenated alkanes) is 2. The van der Waals surface area contributed by atoms with Crippen molar-refractivity contribution < 1.29 is 5.11 Å². The monoisotopic (exact) mass is 278 g/mol. The van der Waals surface area contributed by atoms with E-state index in [1.165, 1.54) is 11.1 Å². The number of benzene rings is 1. The normalized spacial score (nSPS) is 14.5. The van der Waals surface area contributed by atoms with Crippen LogP contribution < -0.4 is 5.73 Å². The predicted octanol–water partition coefficient (Wildman–Crippen LogP) is 2.87. The van der Waals surface area contributed by atoms with E-state index in [1.54, 1.807) is 0 Å². The molecule has 3 N–H and O–H groups in total. The van der Waals surface area contributed by atoms with Gasteiger partial charge in [0.25, 0.3) is 0 Å². The van der Waals surface area contributed by atoms with Crippen molar-refractivity contribution in [2.24, 2.45) is 5.73 Å². The number of aryl methyl sites for hydroxylation is 1. The number of aliphatic hydroxyl groups is 1. The van der Waals surface area contributed by atoms with Gasteiger partial charge in [0.1, 0.15) is 0 Å². The first-order valence-electron chi connectivity index (χ1n) is 7.73. The molecule has 0 fully saturated rings. The number of nitrogens with two attached hydrogens (primary N) is 1. The number of hydrogen-bond acceptors (Lipinski definition) is 3. The van der Waals surface area contributed by atoms with Gasteiger partial charge in [0, 0.05) is 18.7 Å². The fraction of sp³-hybridized carbons (Fsp3) is 0.647. The maximum atomic E-state index is 8.84. The van der Waals surface area contributed by atoms with E-state index in [9.17, 15) is 0 Å². The van der Waals surface area contributed by atoms with Gasteiger partial charge in [-0.2, -0.15) is 0 Å². The van der Waals surface area contributed by atoms with E-state index in [1.807, 2.05) is 0 Å². The van der Waals surface area contributed by atoms with Crippen LogP contribution in [0, 0.1) is 6.92 Å². The van der Waals surface area contributed by atoms with Crippen LogP contribution >= 0.6 is 0 Å². The van der Waals surface area contributed by atoms with Crippen LogP contribution in [-0.2, 0) is 0 Å². The van der Waals surface area contributed by atoms with Gasteiger partial charge in [-0.25, -0.2) is 0 Å². The Balaban J connectivity index is 2.73. The second kappa shape index (κ2) is 9.11. The lowest BCUT2D eigenvalue weighted by Gasteiger charge is -2.33. The van der Waals surface area contributed by atoms with Gasteiger partial charge in [-0.1, -0.05) is 36.8 Å². The van der Waals surface area contributed by atoms with E-state index in [2.05, 4.69) is 50.1 Å². The highest BCUT2D eigenvalue weighted by molar-refractivity contribution is 5.26. The molecule has 0 aromatic heterocycles. The molecule has 1 aromatic rings. The summed E-state index contributed by atoms with van der Waals surface area (Å²) in [5.41, 5.74) is 8.94. The Morgan fingerprint density at radius 3 is 2.60 bits per heavy atom. The van der Waals surface area contributed by atoms with Gasteiger partial charge >= 0.3 is 0 Å². The fourth-order valence-corrected chi connectivity index (χ4v) is 2.69. The summed E-state index contributed by atoms with van der Waals surface area (Å²) in [6.07, 6.45) is 4.04. The molecule has 2 unspecified atom stereocenters. The third-order valence-electron chi connectivity index (χ3n) is 3.90. The summed E-state index contributed by atoms with van der Waals surface area (Å²) in [4.78, 5) is 2.36. The highest BCUT2D eigenvalue weighted by atomic mass is 16.2. The summed E-state index contributed by atoms with van der Waals surface area (Å²) in [5, 5.41) is 8.84. The average molecular weight is 278 g/mol. The minimum Gasteiger partial charge on any atom is -0.396 e. The summed E-state index contributed by atoms with van der Waals surface area (Å²) in [6.45, 7) is 5.58. The van der Waals surface area contributed by atoms with E-state index in [0.29, 0.717) is 6.61 Å². The summed E-state index contributed by atoms with van der Waals surface area (Å²) in [7, 11) is 2.15. The van der Waals surface area contributed by atoms with Gasteiger partial charge in [-0.3, -0.25) is 4.90 Å². The van der Waals surface area contributed by atoms with Gasteiger partial charge in [-0.05, 0) is 51.8 Å². The summed E-state index contributed by atoms with van der Waals surface area (Å²) in [5.74, 6) is 0. The summed E-state index contributed by atoms with van der Waals surface area (Å²) in [6, 6.07) is 9.08. The van der Waals surface area contributed by atoms with Crippen molar-refractivity contribution in [3.05, 3.63) is 35.4 Å². The lowest BCUT2D eigenvalue weighted by Crippen LogP contribution is -2.39. The second-order valence-corrected chi connectivity index (χ2v) is 5.70. The first-order valence-corrected chi connectivity index (χ1v) is 7.73. The molecular weight excluding hydrogens is 248 g/mol. The van der Waals surface area contributed by atoms with Crippen molar-refractivity contribution in [3.63, 3.8) is 0 Å². The van der Waals surface area contributed by atoms with Crippen LogP contribution in [0.15, 0.2) is 24.3 Å². The van der Waals surface area contributed by atoms with Gasteiger partial charge in [0.15, 0.2) is 0 Å². The fourth-order valence-electron chi connectivity index (χ4n) is 2.69. The van der Waals surface area contributed by atoms with E-state index >= 15 is 0 Å². The quantitative estimate of drug-likeness (QED) is 0.683. The highest BCUT2D eigenvalue weighted by Crippen LogP contribution is 2.25. The van der Waals surface area contributed by atoms with E-state index < -0.39 is 0 Å². The van der Waals surface area contributed by atoms with Crippen LogP contribution in [-0.4, -0.2) is 36.2 Å². The molecule has 0 aliphatic rings. The molecule has 114 valence electrons. The molecule has 0 saturated heterocycles. The highest BCUT2D eigenvalue weighted by Gasteiger charge is 2.22. The Hall–Kier alpha value is -0.900. The van der Waals surface area contributed by atoms with Gasteiger partial charge in [0.2, 0.25) is 0 Å². The molecule has 1 rings (SSSR count). The Labute approximate surface area is 123 Å². The Morgan fingerprint density at radius 1 is 1.25 bits per heavy atom. The van der Waals surface area contributed by atoms with Crippen molar-refractivity contribution in [2.45, 2.75) is 51.6 Å². The molecule has 0 spiro atoms. The molecule has 0 bridgehead atoms. The number of aliphatic hydroxyl groups excluding tert-OH is 1. The number of nitrogens with zero attached hydrogens (tertiary/aromatic N) is 1. The lowest BCUT2D eigenvalue weighted by atomic mass is 9.95. The Bertz CT molecular complexity index is 381. The molecule has 20 heavy (non-hydrogen) atoms. The number of likely N-dealkylation sites (N-methyl/N-ethyl adjacent to an activating group) is 1. The molecular formula is C17H30N2O. The SMILES string of the molecule is CCC(N)C(c1cccc(C)c1)N(C)CCCCCO. The third-order valence-corrected chi connectivity index (χ3v) is 3.90. The zero-order valence-electron chi connectivity index (χ0n) is 13.2. The van der Waals surface area contributed by atoms with E-state index in [-0.39, 0.29) is 12.1 Å². The molecule has 0 saturated carbocycles. The maximum Gasteiger partial charge on any atom is 0.0496 e. The molecule has 0 amide bonds. The Kier molecular flexibility index (Phi) is 7.82. The summed E-state index contributed by atoms with van der Waals surface area (Å²) < 4.78 is 0. The van der Waals surface area contributed by atoms with Crippen LogP contribution in [0.5, 0.6) is 0 Å². The minimum absolute atomic E-state index is 0.152. The van der Waals surface area contributed by atoms with E-state index in [0.717, 1.165) is 32.2 Å². The van der Waals surface area contributed by atoms with Gasteiger partial charge < -0.3 is 10.8 Å². The van der Waals surface area contributed by atoms with Gasteiger partial charge in [-0.15, -0.1) is 0 Å². The zero-order valence-corrected chi connectivity index (χ0v) is 13.2. The first-order chi connectivity index (χ1) is 9.60. The molecule has 2 atom stereocenters. The molecule has 0 aliphatic heterocycles. The largest absolute Gasteiger partial charge is 0.396 e. The van der Waals surface area contributed by atoms with Gasteiger partial charge in [0.05, 0.1) is 0 Å². The Morgan fingerprint density at radius 2 is 2.00 bits per heavy atom. The lowest BCUT2D eigenvalue weighted by molar-refractivity contribution is 0.202. The molecule has 0 heterocycles. The minimum atomic E-state index is 0.152. The van der Waals surface area contributed by atoms with Crippen molar-refractivity contribution in [1.29, 1.82) is 0 Å². The molecule has 0 aliphatic carbocycles. The van der Waals surface area contributed by atoms with Crippen LogP contribution in [0.25, 0.3) is 0 Å². The smallest absolute Gasteiger partial charge is 0.0496 e. The third kappa shape index (κ3) is 5.23. The zero-order chi connectivity index (χ0) is 15.0. The predicted molar refractivity (Wildman–Crippen MR) is 85.8 cm³/mol. The molecule has 0 radical (unpaired) electrons. The molecule has 1 aromatic carbocycles. The molecule has 3 heteroatoms. The first kappa shape index (κ1) is 17.2. The van der Waals surface area contributed by atoms with Crippen molar-refractivity contribution in [2.75, 3.05) is 20.2 Å². The van der Waals surface area contributed by atoms with Crippen molar-refractivity contribution in [1.82, 2.24) is 4.90 Å². The standard InChI is InChI=1S/C17H30N2O/c1-4-16(18)17(15-10-8-9-14(2)13-15)19(3)11-6-5-7-12-20/h8-10,13,16-17,20H,4-7,11-12,18H2,1-3H3. The van der Waals surface area contributed by atoms with E-state index in [4.69, 9.17) is 10.8 Å². The summed E-state index contributed by atoms with van der Waals surface area (Å²) >= 11 is 0. The van der Waals surface area contributed by atoms with Crippen LogP contribution in [0.4, 0.5) is 0 Å².